The van der Waals surface area contributed by atoms with Gasteiger partial charge in [0.2, 0.25) is 0 Å². The highest BCUT2D eigenvalue weighted by atomic mass is 19.4. The smallest absolute Gasteiger partial charge is 0.337 e. The lowest BCUT2D eigenvalue weighted by molar-refractivity contribution is -0.179. The van der Waals surface area contributed by atoms with Crippen LogP contribution in [0.4, 0.5) is 13.2 Å². The number of hydrogen-bond donors (Lipinski definition) is 1. The molecule has 0 aliphatic rings. The molecule has 2 N–H and O–H groups in total. The van der Waals surface area contributed by atoms with Gasteiger partial charge in [0.25, 0.3) is 0 Å². The number of alkyl halides is 3. The summed E-state index contributed by atoms with van der Waals surface area (Å²) in [4.78, 5) is 5.12. The second kappa shape index (κ2) is 4.84. The number of hydrogen-bond acceptors (Lipinski definition) is 3. The van der Waals surface area contributed by atoms with Crippen LogP contribution in [-0.4, -0.2) is 40.3 Å². The van der Waals surface area contributed by atoms with E-state index in [4.69, 9.17) is 5.73 Å². The Balaban J connectivity index is 2.71. The third-order valence-electron chi connectivity index (χ3n) is 2.44. The van der Waals surface area contributed by atoms with Crippen molar-refractivity contribution in [2.24, 2.45) is 12.8 Å². The van der Waals surface area contributed by atoms with Gasteiger partial charge in [-0.3, -0.25) is 4.90 Å². The van der Waals surface area contributed by atoms with Crippen LogP contribution in [0.15, 0.2) is 12.4 Å². The number of nitrogens with two attached hydrogens (primary N) is 1. The summed E-state index contributed by atoms with van der Waals surface area (Å²) in [5.74, 6) is 0.574. The lowest BCUT2D eigenvalue weighted by Crippen LogP contribution is -2.48. The molecule has 0 radical (unpaired) electrons. The van der Waals surface area contributed by atoms with Gasteiger partial charge in [0, 0.05) is 26.0 Å². The Morgan fingerprint density at radius 2 is 2.19 bits per heavy atom. The van der Waals surface area contributed by atoms with Gasteiger partial charge in [-0.05, 0) is 7.05 Å². The molecule has 0 aliphatic heterocycles. The van der Waals surface area contributed by atoms with E-state index < -0.39 is 18.8 Å². The number of nitrogens with zero attached hydrogens (tertiary/aromatic N) is 3. The summed E-state index contributed by atoms with van der Waals surface area (Å²) in [6.45, 7) is -0.338. The van der Waals surface area contributed by atoms with E-state index in [9.17, 15) is 13.2 Å². The molecule has 4 nitrogen and oxygen atoms in total. The van der Waals surface area contributed by atoms with Crippen LogP contribution < -0.4 is 5.73 Å². The fraction of sp³-hybridized carbons (Fsp3) is 0.667. The maximum Gasteiger partial charge on any atom is 0.405 e. The molecule has 0 saturated heterocycles. The second-order valence-electron chi connectivity index (χ2n) is 3.66. The van der Waals surface area contributed by atoms with E-state index in [2.05, 4.69) is 4.98 Å². The SMILES string of the molecule is CN(Cc1nccn1C)C(CN)C(F)(F)F. The van der Waals surface area contributed by atoms with Gasteiger partial charge in [-0.1, -0.05) is 0 Å². The van der Waals surface area contributed by atoms with Crippen molar-refractivity contribution in [2.75, 3.05) is 13.6 Å². The fourth-order valence-electron chi connectivity index (χ4n) is 1.45. The highest BCUT2D eigenvalue weighted by molar-refractivity contribution is 4.92. The van der Waals surface area contributed by atoms with Crippen LogP contribution in [0.25, 0.3) is 0 Å². The van der Waals surface area contributed by atoms with Crippen molar-refractivity contribution >= 4 is 0 Å². The summed E-state index contributed by atoms with van der Waals surface area (Å²) >= 11 is 0. The molecule has 1 aromatic heterocycles. The average Bonchev–Trinajstić information content (AvgIpc) is 2.50. The van der Waals surface area contributed by atoms with Gasteiger partial charge >= 0.3 is 6.18 Å². The van der Waals surface area contributed by atoms with Gasteiger partial charge in [0.05, 0.1) is 6.54 Å². The van der Waals surface area contributed by atoms with Crippen LogP contribution in [0.2, 0.25) is 0 Å². The van der Waals surface area contributed by atoms with Gasteiger partial charge in [-0.2, -0.15) is 13.2 Å². The number of halogens is 3. The minimum absolute atomic E-state index is 0.116. The maximum atomic E-state index is 12.6. The first-order valence-corrected chi connectivity index (χ1v) is 4.79. The van der Waals surface area contributed by atoms with Gasteiger partial charge in [-0.15, -0.1) is 0 Å². The Kier molecular flexibility index (Phi) is 3.93. The lowest BCUT2D eigenvalue weighted by atomic mass is 10.2. The minimum atomic E-state index is -4.31. The number of aromatic nitrogens is 2. The van der Waals surface area contributed by atoms with Gasteiger partial charge in [-0.25, -0.2) is 4.98 Å². The summed E-state index contributed by atoms with van der Waals surface area (Å²) in [6.07, 6.45) is -1.07. The summed E-state index contributed by atoms with van der Waals surface area (Å²) in [5.41, 5.74) is 5.14. The van der Waals surface area contributed by atoms with Gasteiger partial charge in [0.15, 0.2) is 0 Å². The molecule has 0 fully saturated rings. The van der Waals surface area contributed by atoms with Crippen LogP contribution in [0.3, 0.4) is 0 Å². The van der Waals surface area contributed by atoms with E-state index in [1.54, 1.807) is 24.0 Å². The van der Waals surface area contributed by atoms with E-state index >= 15 is 0 Å². The zero-order valence-electron chi connectivity index (χ0n) is 9.20. The molecule has 16 heavy (non-hydrogen) atoms. The van der Waals surface area contributed by atoms with Crippen molar-refractivity contribution in [1.82, 2.24) is 14.5 Å². The molecule has 7 heteroatoms. The number of imidazole rings is 1. The maximum absolute atomic E-state index is 12.6. The Bertz CT molecular complexity index is 334. The molecule has 0 amide bonds. The van der Waals surface area contributed by atoms with Crippen molar-refractivity contribution in [2.45, 2.75) is 18.8 Å². The van der Waals surface area contributed by atoms with E-state index in [0.29, 0.717) is 5.82 Å². The molecule has 1 rings (SSSR count). The van der Waals surface area contributed by atoms with Gasteiger partial charge < -0.3 is 10.3 Å². The van der Waals surface area contributed by atoms with Crippen LogP contribution in [0, 0.1) is 0 Å². The zero-order chi connectivity index (χ0) is 12.3. The minimum Gasteiger partial charge on any atom is -0.337 e. The third-order valence-corrected chi connectivity index (χ3v) is 2.44. The van der Waals surface area contributed by atoms with Crippen LogP contribution >= 0.6 is 0 Å². The predicted molar refractivity (Wildman–Crippen MR) is 53.6 cm³/mol. The summed E-state index contributed by atoms with van der Waals surface area (Å²) in [5, 5.41) is 0. The second-order valence-corrected chi connectivity index (χ2v) is 3.66. The largest absolute Gasteiger partial charge is 0.405 e. The van der Waals surface area contributed by atoms with E-state index in [1.807, 2.05) is 0 Å². The Morgan fingerprint density at radius 1 is 1.56 bits per heavy atom. The molecule has 1 heterocycles. The van der Waals surface area contributed by atoms with Crippen LogP contribution in [-0.2, 0) is 13.6 Å². The van der Waals surface area contributed by atoms with E-state index in [1.165, 1.54) is 7.05 Å². The third kappa shape index (κ3) is 2.96. The average molecular weight is 236 g/mol. The highest BCUT2D eigenvalue weighted by Gasteiger charge is 2.41. The van der Waals surface area contributed by atoms with E-state index in [-0.39, 0.29) is 6.54 Å². The normalized spacial score (nSPS) is 14.4. The van der Waals surface area contributed by atoms with Crippen LogP contribution in [0.5, 0.6) is 0 Å². The predicted octanol–water partition coefficient (Wildman–Crippen LogP) is 0.741. The molecule has 1 unspecified atom stereocenters. The molecule has 1 atom stereocenters. The Hall–Kier alpha value is -1.08. The lowest BCUT2D eigenvalue weighted by Gasteiger charge is -2.28. The number of rotatable bonds is 4. The van der Waals surface area contributed by atoms with Crippen LogP contribution in [0.1, 0.15) is 5.82 Å². The molecule has 0 bridgehead atoms. The molecular formula is C9H15F3N4. The molecule has 1 aromatic rings. The number of aryl methyl sites for hydroxylation is 1. The fourth-order valence-corrected chi connectivity index (χ4v) is 1.45. The monoisotopic (exact) mass is 236 g/mol. The Labute approximate surface area is 91.9 Å². The molecule has 0 aliphatic carbocycles. The first kappa shape index (κ1) is 13.0. The molecule has 92 valence electrons. The van der Waals surface area contributed by atoms with Crippen molar-refractivity contribution in [1.29, 1.82) is 0 Å². The van der Waals surface area contributed by atoms with Gasteiger partial charge in [0.1, 0.15) is 11.9 Å². The first-order chi connectivity index (χ1) is 7.36. The van der Waals surface area contributed by atoms with Crippen molar-refractivity contribution in [3.8, 4) is 0 Å². The molecule has 0 saturated carbocycles. The highest BCUT2D eigenvalue weighted by Crippen LogP contribution is 2.24. The zero-order valence-corrected chi connectivity index (χ0v) is 9.20. The molecular weight excluding hydrogens is 221 g/mol. The van der Waals surface area contributed by atoms with Crippen molar-refractivity contribution in [3.05, 3.63) is 18.2 Å². The topological polar surface area (TPSA) is 47.1 Å². The standard InChI is InChI=1S/C9H15F3N4/c1-15-4-3-14-8(15)6-16(2)7(5-13)9(10,11)12/h3-4,7H,5-6,13H2,1-2H3. The summed E-state index contributed by atoms with van der Waals surface area (Å²) in [6, 6.07) is -1.64. The molecule has 0 aromatic carbocycles. The van der Waals surface area contributed by atoms with E-state index in [0.717, 1.165) is 4.90 Å². The number of likely N-dealkylation sites (N-methyl/N-ethyl adjacent to an activating group) is 1. The quantitative estimate of drug-likeness (QED) is 0.838. The Morgan fingerprint density at radius 3 is 2.56 bits per heavy atom. The summed E-state index contributed by atoms with van der Waals surface area (Å²) in [7, 11) is 3.13. The first-order valence-electron chi connectivity index (χ1n) is 4.79. The van der Waals surface area contributed by atoms with Crippen molar-refractivity contribution in [3.63, 3.8) is 0 Å². The summed E-state index contributed by atoms with van der Waals surface area (Å²) < 4.78 is 39.3. The molecule has 0 spiro atoms. The van der Waals surface area contributed by atoms with Crippen molar-refractivity contribution < 1.29 is 13.2 Å².